The van der Waals surface area contributed by atoms with Crippen molar-refractivity contribution in [2.75, 3.05) is 29.4 Å². The third-order valence-corrected chi connectivity index (χ3v) is 3.47. The molecule has 22 heavy (non-hydrogen) atoms. The van der Waals surface area contributed by atoms with Gasteiger partial charge in [0.1, 0.15) is 5.75 Å². The van der Waals surface area contributed by atoms with Crippen molar-refractivity contribution in [1.29, 1.82) is 0 Å². The van der Waals surface area contributed by atoms with E-state index < -0.39 is 6.09 Å². The lowest BCUT2D eigenvalue weighted by atomic mass is 10.2. The highest BCUT2D eigenvalue weighted by atomic mass is 16.4. The summed E-state index contributed by atoms with van der Waals surface area (Å²) in [6.45, 7) is 3.72. The van der Waals surface area contributed by atoms with Gasteiger partial charge in [-0.1, -0.05) is 24.3 Å². The molecule has 0 aliphatic rings. The number of phenolic OH excluding ortho intramolecular Hbond substituents is 1. The lowest BCUT2D eigenvalue weighted by Gasteiger charge is -2.27. The molecular weight excluding hydrogens is 280 g/mol. The van der Waals surface area contributed by atoms with Crippen LogP contribution in [0.25, 0.3) is 0 Å². The van der Waals surface area contributed by atoms with Crippen LogP contribution in [0.1, 0.15) is 6.92 Å². The minimum Gasteiger partial charge on any atom is -0.508 e. The first-order valence-electron chi connectivity index (χ1n) is 7.21. The molecule has 1 amide bonds. The number of hydrogen-bond donors (Lipinski definition) is 2. The van der Waals surface area contributed by atoms with Gasteiger partial charge in [-0.25, -0.2) is 4.79 Å². The van der Waals surface area contributed by atoms with Crippen LogP contribution in [0.4, 0.5) is 16.2 Å². The van der Waals surface area contributed by atoms with Crippen LogP contribution in [0.15, 0.2) is 54.6 Å². The minimum absolute atomic E-state index is 0.0548. The standard InChI is InChI=1S/C17H20N2O3/c1-2-18(14-7-4-3-5-8-14)11-12-19(17(21)22)15-9-6-10-16(20)13-15/h3-10,13,20H,2,11-12H2,1H3,(H,21,22). The van der Waals surface area contributed by atoms with Crippen LogP contribution in [0.2, 0.25) is 0 Å². The van der Waals surface area contributed by atoms with Crippen LogP contribution in [0, 0.1) is 0 Å². The summed E-state index contributed by atoms with van der Waals surface area (Å²) in [6, 6.07) is 16.2. The van der Waals surface area contributed by atoms with Crippen LogP contribution in [-0.4, -0.2) is 35.9 Å². The highest BCUT2D eigenvalue weighted by molar-refractivity contribution is 5.86. The molecule has 2 aromatic carbocycles. The fourth-order valence-electron chi connectivity index (χ4n) is 2.33. The van der Waals surface area contributed by atoms with Crippen molar-refractivity contribution in [3.8, 4) is 5.75 Å². The van der Waals surface area contributed by atoms with Crippen molar-refractivity contribution in [1.82, 2.24) is 0 Å². The average molecular weight is 300 g/mol. The summed E-state index contributed by atoms with van der Waals surface area (Å²) in [5.41, 5.74) is 1.53. The van der Waals surface area contributed by atoms with E-state index in [-0.39, 0.29) is 5.75 Å². The lowest BCUT2D eigenvalue weighted by Crippen LogP contribution is -2.38. The second-order valence-electron chi connectivity index (χ2n) is 4.87. The first-order chi connectivity index (χ1) is 10.6. The number of hydrogen-bond acceptors (Lipinski definition) is 3. The number of phenols is 1. The van der Waals surface area contributed by atoms with E-state index in [1.165, 1.54) is 17.0 Å². The summed E-state index contributed by atoms with van der Waals surface area (Å²) in [6.07, 6.45) is -1.03. The van der Waals surface area contributed by atoms with Gasteiger partial charge in [-0.15, -0.1) is 0 Å². The summed E-state index contributed by atoms with van der Waals surface area (Å²) < 4.78 is 0. The molecular formula is C17H20N2O3. The first kappa shape index (κ1) is 15.7. The molecule has 116 valence electrons. The van der Waals surface area contributed by atoms with E-state index in [9.17, 15) is 15.0 Å². The monoisotopic (exact) mass is 300 g/mol. The Hall–Kier alpha value is -2.69. The number of para-hydroxylation sites is 1. The minimum atomic E-state index is -1.03. The first-order valence-corrected chi connectivity index (χ1v) is 7.21. The summed E-state index contributed by atoms with van der Waals surface area (Å²) in [5.74, 6) is 0.0548. The van der Waals surface area contributed by atoms with Gasteiger partial charge in [0.25, 0.3) is 0 Å². The maximum atomic E-state index is 11.5. The number of nitrogens with zero attached hydrogens (tertiary/aromatic N) is 2. The van der Waals surface area contributed by atoms with Crippen LogP contribution in [0.5, 0.6) is 5.75 Å². The predicted octanol–water partition coefficient (Wildman–Crippen LogP) is 3.40. The normalized spacial score (nSPS) is 10.2. The zero-order valence-corrected chi connectivity index (χ0v) is 12.5. The Labute approximate surface area is 130 Å². The van der Waals surface area contributed by atoms with Crippen LogP contribution >= 0.6 is 0 Å². The van der Waals surface area contributed by atoms with Gasteiger partial charge in [-0.05, 0) is 31.2 Å². The average Bonchev–Trinajstić information content (AvgIpc) is 2.52. The van der Waals surface area contributed by atoms with Crippen molar-refractivity contribution in [3.05, 3.63) is 54.6 Å². The zero-order valence-electron chi connectivity index (χ0n) is 12.5. The van der Waals surface area contributed by atoms with Crippen LogP contribution in [-0.2, 0) is 0 Å². The van der Waals surface area contributed by atoms with Gasteiger partial charge >= 0.3 is 6.09 Å². The van der Waals surface area contributed by atoms with Gasteiger partial charge in [0.2, 0.25) is 0 Å². The van der Waals surface area contributed by atoms with Crippen molar-refractivity contribution >= 4 is 17.5 Å². The molecule has 0 atom stereocenters. The smallest absolute Gasteiger partial charge is 0.411 e. The quantitative estimate of drug-likeness (QED) is 0.858. The Morgan fingerprint density at radius 3 is 2.27 bits per heavy atom. The summed E-state index contributed by atoms with van der Waals surface area (Å²) >= 11 is 0. The van der Waals surface area contributed by atoms with Crippen molar-refractivity contribution in [3.63, 3.8) is 0 Å². The third-order valence-electron chi connectivity index (χ3n) is 3.47. The van der Waals surface area contributed by atoms with Gasteiger partial charge in [0.05, 0.1) is 5.69 Å². The Bertz CT molecular complexity index is 616. The van der Waals surface area contributed by atoms with E-state index >= 15 is 0 Å². The molecule has 0 fully saturated rings. The van der Waals surface area contributed by atoms with Crippen molar-refractivity contribution in [2.45, 2.75) is 6.92 Å². The van der Waals surface area contributed by atoms with E-state index in [1.54, 1.807) is 12.1 Å². The molecule has 0 saturated heterocycles. The molecule has 5 heteroatoms. The molecule has 0 unspecified atom stereocenters. The molecule has 5 nitrogen and oxygen atoms in total. The Morgan fingerprint density at radius 2 is 1.68 bits per heavy atom. The number of carbonyl (C=O) groups is 1. The van der Waals surface area contributed by atoms with Crippen LogP contribution < -0.4 is 9.80 Å². The lowest BCUT2D eigenvalue weighted by molar-refractivity contribution is 0.202. The number of rotatable bonds is 6. The fraction of sp³-hybridized carbons (Fsp3) is 0.235. The second-order valence-corrected chi connectivity index (χ2v) is 4.87. The third kappa shape index (κ3) is 3.91. The molecule has 0 aromatic heterocycles. The Balaban J connectivity index is 2.10. The van der Waals surface area contributed by atoms with E-state index in [0.717, 1.165) is 12.2 Å². The molecule has 0 radical (unpaired) electrons. The Kier molecular flexibility index (Phi) is 5.25. The molecule has 2 aromatic rings. The maximum absolute atomic E-state index is 11.5. The summed E-state index contributed by atoms with van der Waals surface area (Å²) in [5, 5.41) is 18.9. The molecule has 0 aliphatic heterocycles. The van der Waals surface area contributed by atoms with E-state index in [1.807, 2.05) is 37.3 Å². The van der Waals surface area contributed by atoms with E-state index in [2.05, 4.69) is 4.90 Å². The van der Waals surface area contributed by atoms with Gasteiger partial charge < -0.3 is 15.1 Å². The maximum Gasteiger partial charge on any atom is 0.411 e. The number of benzene rings is 2. The highest BCUT2D eigenvalue weighted by Crippen LogP contribution is 2.21. The fourth-order valence-corrected chi connectivity index (χ4v) is 2.33. The summed E-state index contributed by atoms with van der Waals surface area (Å²) in [7, 11) is 0. The molecule has 0 spiro atoms. The highest BCUT2D eigenvalue weighted by Gasteiger charge is 2.16. The topological polar surface area (TPSA) is 64.0 Å². The van der Waals surface area contributed by atoms with Crippen molar-refractivity contribution < 1.29 is 15.0 Å². The molecule has 0 aliphatic carbocycles. The van der Waals surface area contributed by atoms with Gasteiger partial charge in [-0.3, -0.25) is 4.90 Å². The summed E-state index contributed by atoms with van der Waals surface area (Å²) in [4.78, 5) is 14.8. The molecule has 2 rings (SSSR count). The van der Waals surface area contributed by atoms with Gasteiger partial charge in [0.15, 0.2) is 0 Å². The van der Waals surface area contributed by atoms with E-state index in [0.29, 0.717) is 18.8 Å². The zero-order chi connectivity index (χ0) is 15.9. The van der Waals surface area contributed by atoms with Gasteiger partial charge in [-0.2, -0.15) is 0 Å². The van der Waals surface area contributed by atoms with E-state index in [4.69, 9.17) is 0 Å². The number of amides is 1. The SMILES string of the molecule is CCN(CCN(C(=O)O)c1cccc(O)c1)c1ccccc1. The number of carboxylic acid groups (broad SMARTS) is 1. The van der Waals surface area contributed by atoms with Crippen molar-refractivity contribution in [2.24, 2.45) is 0 Å². The predicted molar refractivity (Wildman–Crippen MR) is 87.8 cm³/mol. The number of aromatic hydroxyl groups is 1. The molecule has 0 heterocycles. The van der Waals surface area contributed by atoms with Crippen LogP contribution in [0.3, 0.4) is 0 Å². The Morgan fingerprint density at radius 1 is 1.00 bits per heavy atom. The molecule has 0 bridgehead atoms. The second kappa shape index (κ2) is 7.36. The van der Waals surface area contributed by atoms with Gasteiger partial charge in [0, 0.05) is 31.4 Å². The molecule has 0 saturated carbocycles. The largest absolute Gasteiger partial charge is 0.508 e. The number of anilines is 2. The molecule has 2 N–H and O–H groups in total. The number of likely N-dealkylation sites (N-methyl/N-ethyl adjacent to an activating group) is 1.